The summed E-state index contributed by atoms with van der Waals surface area (Å²) in [6.07, 6.45) is 1.43. The molecule has 0 aliphatic rings. The molecule has 2 rings (SSSR count). The van der Waals surface area contributed by atoms with Gasteiger partial charge in [0.15, 0.2) is 6.04 Å². The predicted molar refractivity (Wildman–Crippen MR) is 101 cm³/mol. The number of aryl methyl sites for hydroxylation is 1. The number of aliphatic carboxylic acids is 1. The molecule has 0 aliphatic heterocycles. The fourth-order valence-corrected chi connectivity index (χ4v) is 2.89. The van der Waals surface area contributed by atoms with Gasteiger partial charge in [-0.3, -0.25) is 0 Å². The zero-order valence-corrected chi connectivity index (χ0v) is 15.3. The smallest absolute Gasteiger partial charge is 0.330 e. The standard InChI is InChI=1S/C21H24N2O3/c1-4-14-10-16(9-13(2)3)20(24)18(11-14)19(21(25)26)23-17-7-5-15(12-22)6-8-17/h5-8,10-11,13,19,23-24H,4,9H2,1-3H3,(H,25,26). The van der Waals surface area contributed by atoms with Crippen LogP contribution in [0, 0.1) is 17.2 Å². The van der Waals surface area contributed by atoms with Gasteiger partial charge in [0, 0.05) is 11.3 Å². The van der Waals surface area contributed by atoms with Crippen molar-refractivity contribution in [1.29, 1.82) is 5.26 Å². The molecule has 0 fully saturated rings. The van der Waals surface area contributed by atoms with Crippen LogP contribution in [0.25, 0.3) is 0 Å². The first-order chi connectivity index (χ1) is 12.3. The Morgan fingerprint density at radius 3 is 2.38 bits per heavy atom. The van der Waals surface area contributed by atoms with E-state index in [1.807, 2.05) is 19.1 Å². The topological polar surface area (TPSA) is 93.4 Å². The Hall–Kier alpha value is -3.00. The van der Waals surface area contributed by atoms with E-state index < -0.39 is 12.0 Å². The number of phenols is 1. The molecular formula is C21H24N2O3. The number of aromatic hydroxyl groups is 1. The summed E-state index contributed by atoms with van der Waals surface area (Å²) in [5.74, 6) is -0.700. The van der Waals surface area contributed by atoms with Gasteiger partial charge in [0.1, 0.15) is 5.75 Å². The maximum atomic E-state index is 11.9. The number of carboxylic acid groups (broad SMARTS) is 1. The van der Waals surface area contributed by atoms with Gasteiger partial charge in [-0.1, -0.05) is 26.8 Å². The van der Waals surface area contributed by atoms with E-state index in [4.69, 9.17) is 5.26 Å². The molecule has 0 aliphatic carbocycles. The second kappa shape index (κ2) is 8.39. The van der Waals surface area contributed by atoms with E-state index in [9.17, 15) is 15.0 Å². The summed E-state index contributed by atoms with van der Waals surface area (Å²) in [4.78, 5) is 11.9. The van der Waals surface area contributed by atoms with Gasteiger partial charge in [-0.15, -0.1) is 0 Å². The third kappa shape index (κ3) is 4.54. The average Bonchev–Trinajstić information content (AvgIpc) is 2.61. The number of rotatable bonds is 7. The molecule has 0 saturated heterocycles. The van der Waals surface area contributed by atoms with Crippen LogP contribution < -0.4 is 5.32 Å². The number of hydrogen-bond donors (Lipinski definition) is 3. The van der Waals surface area contributed by atoms with Gasteiger partial charge in [0.25, 0.3) is 0 Å². The molecular weight excluding hydrogens is 328 g/mol. The molecule has 0 spiro atoms. The zero-order valence-electron chi connectivity index (χ0n) is 15.3. The average molecular weight is 352 g/mol. The van der Waals surface area contributed by atoms with Crippen LogP contribution in [0.15, 0.2) is 36.4 Å². The number of nitrogens with zero attached hydrogens (tertiary/aromatic N) is 1. The summed E-state index contributed by atoms with van der Waals surface area (Å²) in [7, 11) is 0. The highest BCUT2D eigenvalue weighted by molar-refractivity contribution is 5.80. The minimum absolute atomic E-state index is 0.0319. The number of carboxylic acids is 1. The normalized spacial score (nSPS) is 11.8. The maximum absolute atomic E-state index is 11.9. The highest BCUT2D eigenvalue weighted by atomic mass is 16.4. The van der Waals surface area contributed by atoms with Gasteiger partial charge >= 0.3 is 5.97 Å². The second-order valence-electron chi connectivity index (χ2n) is 6.75. The van der Waals surface area contributed by atoms with E-state index in [2.05, 4.69) is 19.2 Å². The van der Waals surface area contributed by atoms with Crippen LogP contribution in [-0.2, 0) is 17.6 Å². The fourth-order valence-electron chi connectivity index (χ4n) is 2.89. The van der Waals surface area contributed by atoms with Crippen LogP contribution >= 0.6 is 0 Å². The Morgan fingerprint density at radius 2 is 1.88 bits per heavy atom. The third-order valence-corrected chi connectivity index (χ3v) is 4.20. The number of anilines is 1. The Kier molecular flexibility index (Phi) is 6.24. The summed E-state index contributed by atoms with van der Waals surface area (Å²) in [6.45, 7) is 6.11. The van der Waals surface area contributed by atoms with E-state index in [1.165, 1.54) is 0 Å². The monoisotopic (exact) mass is 352 g/mol. The van der Waals surface area contributed by atoms with Gasteiger partial charge in [-0.2, -0.15) is 5.26 Å². The first kappa shape index (κ1) is 19.3. The molecule has 3 N–H and O–H groups in total. The van der Waals surface area contributed by atoms with E-state index in [0.717, 1.165) is 17.5 Å². The van der Waals surface area contributed by atoms with Crippen molar-refractivity contribution in [1.82, 2.24) is 0 Å². The Labute approximate surface area is 153 Å². The third-order valence-electron chi connectivity index (χ3n) is 4.20. The molecule has 1 atom stereocenters. The number of nitriles is 1. The summed E-state index contributed by atoms with van der Waals surface area (Å²) >= 11 is 0. The molecule has 2 aromatic rings. The Morgan fingerprint density at radius 1 is 1.23 bits per heavy atom. The number of nitrogens with one attached hydrogen (secondary N) is 1. The fraction of sp³-hybridized carbons (Fsp3) is 0.333. The lowest BCUT2D eigenvalue weighted by Gasteiger charge is -2.21. The molecule has 0 saturated carbocycles. The largest absolute Gasteiger partial charge is 0.507 e. The molecule has 26 heavy (non-hydrogen) atoms. The zero-order chi connectivity index (χ0) is 19.3. The molecule has 0 heterocycles. The minimum atomic E-state index is -1.08. The molecule has 5 heteroatoms. The summed E-state index contributed by atoms with van der Waals surface area (Å²) in [5, 5.41) is 32.2. The lowest BCUT2D eigenvalue weighted by Crippen LogP contribution is -2.21. The summed E-state index contributed by atoms with van der Waals surface area (Å²) < 4.78 is 0. The van der Waals surface area contributed by atoms with Crippen molar-refractivity contribution in [2.24, 2.45) is 5.92 Å². The van der Waals surface area contributed by atoms with Crippen molar-refractivity contribution in [3.63, 3.8) is 0 Å². The van der Waals surface area contributed by atoms with Crippen molar-refractivity contribution >= 4 is 11.7 Å². The minimum Gasteiger partial charge on any atom is -0.507 e. The molecule has 0 amide bonds. The molecule has 1 unspecified atom stereocenters. The van der Waals surface area contributed by atoms with Gasteiger partial charge in [0.2, 0.25) is 0 Å². The number of benzene rings is 2. The molecule has 0 aromatic heterocycles. The maximum Gasteiger partial charge on any atom is 0.330 e. The van der Waals surface area contributed by atoms with Gasteiger partial charge in [-0.25, -0.2) is 4.79 Å². The highest BCUT2D eigenvalue weighted by Crippen LogP contribution is 2.33. The SMILES string of the molecule is CCc1cc(CC(C)C)c(O)c(C(Nc2ccc(C#N)cc2)C(=O)O)c1. The van der Waals surface area contributed by atoms with Crippen molar-refractivity contribution in [2.45, 2.75) is 39.7 Å². The van der Waals surface area contributed by atoms with E-state index in [-0.39, 0.29) is 5.75 Å². The Bertz CT molecular complexity index is 820. The van der Waals surface area contributed by atoms with Crippen LogP contribution in [0.3, 0.4) is 0 Å². The van der Waals surface area contributed by atoms with Crippen molar-refractivity contribution in [3.05, 3.63) is 58.7 Å². The number of phenolic OH excluding ortho intramolecular Hbond substituents is 1. The van der Waals surface area contributed by atoms with E-state index in [1.54, 1.807) is 30.3 Å². The predicted octanol–water partition coefficient (Wildman–Crippen LogP) is 4.26. The number of hydrogen-bond acceptors (Lipinski definition) is 4. The second-order valence-corrected chi connectivity index (χ2v) is 6.75. The first-order valence-corrected chi connectivity index (χ1v) is 8.69. The van der Waals surface area contributed by atoms with E-state index >= 15 is 0 Å². The summed E-state index contributed by atoms with van der Waals surface area (Å²) in [5.41, 5.74) is 3.18. The highest BCUT2D eigenvalue weighted by Gasteiger charge is 2.25. The lowest BCUT2D eigenvalue weighted by molar-refractivity contribution is -0.138. The van der Waals surface area contributed by atoms with Crippen LogP contribution in [0.4, 0.5) is 5.69 Å². The summed E-state index contributed by atoms with van der Waals surface area (Å²) in [6, 6.07) is 11.2. The quantitative estimate of drug-likeness (QED) is 0.692. The molecule has 2 aromatic carbocycles. The molecule has 0 bridgehead atoms. The van der Waals surface area contributed by atoms with E-state index in [0.29, 0.717) is 29.2 Å². The van der Waals surface area contributed by atoms with Crippen molar-refractivity contribution < 1.29 is 15.0 Å². The molecule has 136 valence electrons. The Balaban J connectivity index is 2.45. The van der Waals surface area contributed by atoms with Gasteiger partial charge in [-0.05, 0) is 60.2 Å². The van der Waals surface area contributed by atoms with Gasteiger partial charge in [0.05, 0.1) is 11.6 Å². The van der Waals surface area contributed by atoms with Crippen LogP contribution in [0.5, 0.6) is 5.75 Å². The first-order valence-electron chi connectivity index (χ1n) is 8.69. The van der Waals surface area contributed by atoms with Crippen LogP contribution in [0.1, 0.15) is 49.1 Å². The van der Waals surface area contributed by atoms with Gasteiger partial charge < -0.3 is 15.5 Å². The van der Waals surface area contributed by atoms with Crippen LogP contribution in [-0.4, -0.2) is 16.2 Å². The lowest BCUT2D eigenvalue weighted by atomic mass is 9.93. The van der Waals surface area contributed by atoms with Crippen molar-refractivity contribution in [2.75, 3.05) is 5.32 Å². The molecule has 5 nitrogen and oxygen atoms in total. The van der Waals surface area contributed by atoms with Crippen LogP contribution in [0.2, 0.25) is 0 Å². The van der Waals surface area contributed by atoms with Crippen molar-refractivity contribution in [3.8, 4) is 11.8 Å². The number of carbonyl (C=O) groups is 1. The molecule has 0 radical (unpaired) electrons.